The van der Waals surface area contributed by atoms with Crippen molar-refractivity contribution in [2.75, 3.05) is 13.2 Å². The Hall–Kier alpha value is -2.53. The maximum absolute atomic E-state index is 8.71. The monoisotopic (exact) mass is 430 g/mol. The van der Waals surface area contributed by atoms with E-state index in [1.54, 1.807) is 5.57 Å². The van der Waals surface area contributed by atoms with E-state index in [4.69, 9.17) is 11.3 Å². The second-order valence-electron chi connectivity index (χ2n) is 9.52. The molecule has 3 N–H and O–H groups in total. The number of nitrogens with zero attached hydrogens (tertiary/aromatic N) is 4. The molecular formula is C26H34N6. The molecule has 5 rings (SSSR count). The number of hydrogen-bond acceptors (Lipinski definition) is 4. The van der Waals surface area contributed by atoms with Gasteiger partial charge in [-0.05, 0) is 67.7 Å². The Morgan fingerprint density at radius 1 is 1.16 bits per heavy atom. The van der Waals surface area contributed by atoms with Gasteiger partial charge < -0.3 is 11.1 Å². The van der Waals surface area contributed by atoms with Gasteiger partial charge in [-0.2, -0.15) is 0 Å². The largest absolute Gasteiger partial charge is 0.378 e. The lowest BCUT2D eigenvalue weighted by Crippen LogP contribution is -2.46. The van der Waals surface area contributed by atoms with Gasteiger partial charge in [-0.15, -0.1) is 0 Å². The van der Waals surface area contributed by atoms with E-state index in [0.29, 0.717) is 43.2 Å². The van der Waals surface area contributed by atoms with Gasteiger partial charge in [0.05, 0.1) is 12.6 Å². The van der Waals surface area contributed by atoms with Gasteiger partial charge in [0.25, 0.3) is 0 Å². The first-order valence-electron chi connectivity index (χ1n) is 12.2. The van der Waals surface area contributed by atoms with Crippen LogP contribution in [-0.4, -0.2) is 36.2 Å². The number of likely N-dealkylation sites (tertiary alicyclic amines) is 1. The van der Waals surface area contributed by atoms with Crippen LogP contribution in [0, 0.1) is 11.8 Å². The third-order valence-corrected chi connectivity index (χ3v) is 7.89. The van der Waals surface area contributed by atoms with Crippen molar-refractivity contribution in [1.29, 1.82) is 0 Å². The molecule has 168 valence electrons. The van der Waals surface area contributed by atoms with Crippen LogP contribution in [0.15, 0.2) is 76.1 Å². The normalized spacial score (nSPS) is 33.8. The predicted octanol–water partition coefficient (Wildman–Crippen LogP) is 5.02. The fourth-order valence-electron chi connectivity index (χ4n) is 6.47. The van der Waals surface area contributed by atoms with Crippen molar-refractivity contribution in [2.45, 2.75) is 63.1 Å². The van der Waals surface area contributed by atoms with Crippen LogP contribution in [0.1, 0.15) is 44.9 Å². The fourth-order valence-corrected chi connectivity index (χ4v) is 6.47. The molecule has 0 radical (unpaired) electrons. The number of rotatable bonds is 6. The topological polar surface area (TPSA) is 90.0 Å². The SMILES string of the molecule is [N-]=[N+]=NCC1=C(C2C=CC(NC3C=CCC4C3C3=CCCCC3N4CN)=CC2)CCC=C1. The van der Waals surface area contributed by atoms with Gasteiger partial charge in [-0.25, -0.2) is 0 Å². The molecule has 5 aliphatic rings. The average molecular weight is 431 g/mol. The Bertz CT molecular complexity index is 961. The van der Waals surface area contributed by atoms with E-state index < -0.39 is 0 Å². The van der Waals surface area contributed by atoms with E-state index >= 15 is 0 Å². The number of azide groups is 1. The molecule has 1 aliphatic heterocycles. The van der Waals surface area contributed by atoms with E-state index in [9.17, 15) is 0 Å². The van der Waals surface area contributed by atoms with Gasteiger partial charge in [0, 0.05) is 41.2 Å². The molecule has 5 atom stereocenters. The smallest absolute Gasteiger partial charge is 0.0525 e. The molecule has 0 aromatic heterocycles. The Morgan fingerprint density at radius 3 is 2.91 bits per heavy atom. The lowest BCUT2D eigenvalue weighted by atomic mass is 9.78. The molecule has 1 heterocycles. The second-order valence-corrected chi connectivity index (χ2v) is 9.52. The van der Waals surface area contributed by atoms with Crippen LogP contribution in [-0.2, 0) is 0 Å². The van der Waals surface area contributed by atoms with Crippen molar-refractivity contribution < 1.29 is 0 Å². The predicted molar refractivity (Wildman–Crippen MR) is 129 cm³/mol. The maximum Gasteiger partial charge on any atom is 0.0525 e. The first kappa shape index (κ1) is 21.3. The van der Waals surface area contributed by atoms with Crippen LogP contribution in [0.3, 0.4) is 0 Å². The molecule has 0 aromatic rings. The molecule has 4 aliphatic carbocycles. The number of nitrogens with one attached hydrogen (secondary N) is 1. The molecule has 6 heteroatoms. The first-order chi connectivity index (χ1) is 15.8. The minimum Gasteiger partial charge on any atom is -0.378 e. The van der Waals surface area contributed by atoms with E-state index in [1.165, 1.54) is 36.1 Å². The van der Waals surface area contributed by atoms with Gasteiger partial charge >= 0.3 is 0 Å². The Balaban J connectivity index is 1.30. The molecule has 6 nitrogen and oxygen atoms in total. The van der Waals surface area contributed by atoms with Crippen LogP contribution in [0.2, 0.25) is 0 Å². The minimum absolute atomic E-state index is 0.321. The highest BCUT2D eigenvalue weighted by molar-refractivity contribution is 5.38. The van der Waals surface area contributed by atoms with Crippen LogP contribution < -0.4 is 11.1 Å². The molecule has 0 aromatic carbocycles. The van der Waals surface area contributed by atoms with Crippen molar-refractivity contribution in [1.82, 2.24) is 10.2 Å². The third kappa shape index (κ3) is 3.99. The summed E-state index contributed by atoms with van der Waals surface area (Å²) in [6.45, 7) is 1.10. The van der Waals surface area contributed by atoms with Crippen molar-refractivity contribution in [3.05, 3.63) is 81.5 Å². The summed E-state index contributed by atoms with van der Waals surface area (Å²) < 4.78 is 0. The summed E-state index contributed by atoms with van der Waals surface area (Å²) in [5, 5.41) is 7.66. The lowest BCUT2D eigenvalue weighted by Gasteiger charge is -2.35. The fraction of sp³-hybridized carbons (Fsp3) is 0.538. The first-order valence-corrected chi connectivity index (χ1v) is 12.2. The molecule has 5 unspecified atom stereocenters. The van der Waals surface area contributed by atoms with Crippen molar-refractivity contribution in [2.24, 2.45) is 22.7 Å². The Kier molecular flexibility index (Phi) is 6.35. The molecular weight excluding hydrogens is 396 g/mol. The highest BCUT2D eigenvalue weighted by atomic mass is 15.3. The summed E-state index contributed by atoms with van der Waals surface area (Å²) >= 11 is 0. The minimum atomic E-state index is 0.321. The summed E-state index contributed by atoms with van der Waals surface area (Å²) in [7, 11) is 0. The zero-order valence-corrected chi connectivity index (χ0v) is 18.7. The molecule has 0 saturated carbocycles. The number of allylic oxidation sites excluding steroid dienone is 6. The molecule has 32 heavy (non-hydrogen) atoms. The van der Waals surface area contributed by atoms with Gasteiger partial charge in [0.15, 0.2) is 0 Å². The molecule has 1 saturated heterocycles. The van der Waals surface area contributed by atoms with Crippen LogP contribution >= 0.6 is 0 Å². The zero-order chi connectivity index (χ0) is 21.9. The molecule has 0 amide bonds. The second kappa shape index (κ2) is 9.53. The van der Waals surface area contributed by atoms with Crippen LogP contribution in [0.5, 0.6) is 0 Å². The quantitative estimate of drug-likeness (QED) is 0.268. The number of nitrogens with two attached hydrogens (primary N) is 1. The van der Waals surface area contributed by atoms with E-state index in [-0.39, 0.29) is 0 Å². The van der Waals surface area contributed by atoms with Gasteiger partial charge in [-0.1, -0.05) is 53.2 Å². The maximum atomic E-state index is 8.71. The summed E-state index contributed by atoms with van der Waals surface area (Å²) in [4.78, 5) is 5.49. The highest BCUT2D eigenvalue weighted by Crippen LogP contribution is 2.45. The molecule has 1 fully saturated rings. The van der Waals surface area contributed by atoms with Crippen molar-refractivity contribution in [3.63, 3.8) is 0 Å². The van der Waals surface area contributed by atoms with Crippen LogP contribution in [0.4, 0.5) is 0 Å². The third-order valence-electron chi connectivity index (χ3n) is 7.89. The average Bonchev–Trinajstić information content (AvgIpc) is 3.18. The standard InChI is InChI=1S/C26H34N6/c27-17-32-24-10-4-3-8-22(24)26-23(9-5-11-25(26)32)30-20-14-12-18(13-15-20)21-7-2-1-6-19(21)16-29-31-28/h1,5-6,8-9,12,14-15,18,23-26,30H,2-4,7,10-11,13,16-17,27H2. The van der Waals surface area contributed by atoms with Gasteiger partial charge in [-0.3, -0.25) is 4.90 Å². The lowest BCUT2D eigenvalue weighted by molar-refractivity contribution is 0.169. The summed E-state index contributed by atoms with van der Waals surface area (Å²) in [5.41, 5.74) is 20.4. The van der Waals surface area contributed by atoms with Crippen molar-refractivity contribution in [3.8, 4) is 0 Å². The zero-order valence-electron chi connectivity index (χ0n) is 18.7. The van der Waals surface area contributed by atoms with E-state index in [1.807, 2.05) is 0 Å². The van der Waals surface area contributed by atoms with Gasteiger partial charge in [0.1, 0.15) is 0 Å². The van der Waals surface area contributed by atoms with E-state index in [2.05, 4.69) is 68.9 Å². The summed E-state index contributed by atoms with van der Waals surface area (Å²) in [5.74, 6) is 0.913. The summed E-state index contributed by atoms with van der Waals surface area (Å²) in [6, 6.07) is 1.37. The summed E-state index contributed by atoms with van der Waals surface area (Å²) in [6.07, 6.45) is 26.4. The number of fused-ring (bicyclic) bond motifs is 3. The molecule has 0 spiro atoms. The van der Waals surface area contributed by atoms with Crippen LogP contribution in [0.25, 0.3) is 10.4 Å². The van der Waals surface area contributed by atoms with Gasteiger partial charge in [0.2, 0.25) is 0 Å². The van der Waals surface area contributed by atoms with E-state index in [0.717, 1.165) is 25.7 Å². The Labute approximate surface area is 190 Å². The number of hydrogen-bond donors (Lipinski definition) is 2. The molecule has 0 bridgehead atoms. The van der Waals surface area contributed by atoms with Crippen molar-refractivity contribution >= 4 is 0 Å². The highest BCUT2D eigenvalue weighted by Gasteiger charge is 2.48. The Morgan fingerprint density at radius 2 is 2.09 bits per heavy atom.